The average Bonchev–Trinajstić information content (AvgIpc) is 3.03. The van der Waals surface area contributed by atoms with Gasteiger partial charge in [0.2, 0.25) is 11.8 Å². The summed E-state index contributed by atoms with van der Waals surface area (Å²) in [4.78, 5) is 27.9. The lowest BCUT2D eigenvalue weighted by Crippen LogP contribution is -2.63. The quantitative estimate of drug-likeness (QED) is 0.698. The van der Waals surface area contributed by atoms with E-state index in [1.807, 2.05) is 54.6 Å². The zero-order valence-electron chi connectivity index (χ0n) is 17.8. The van der Waals surface area contributed by atoms with E-state index in [1.54, 1.807) is 12.0 Å². The second kappa shape index (κ2) is 9.04. The van der Waals surface area contributed by atoms with Gasteiger partial charge in [0.1, 0.15) is 6.73 Å². The van der Waals surface area contributed by atoms with Crippen LogP contribution in [0.4, 0.5) is 5.69 Å². The van der Waals surface area contributed by atoms with Crippen molar-refractivity contribution in [2.75, 3.05) is 18.7 Å². The highest BCUT2D eigenvalue weighted by molar-refractivity contribution is 6.09. The van der Waals surface area contributed by atoms with Gasteiger partial charge in [-0.15, -0.1) is 0 Å². The van der Waals surface area contributed by atoms with E-state index in [9.17, 15) is 9.59 Å². The van der Waals surface area contributed by atoms with Gasteiger partial charge in [0.25, 0.3) is 0 Å². The van der Waals surface area contributed by atoms with Crippen molar-refractivity contribution in [3.63, 3.8) is 0 Å². The van der Waals surface area contributed by atoms with Crippen LogP contribution >= 0.6 is 0 Å². The Morgan fingerprint density at radius 3 is 2.71 bits per heavy atom. The van der Waals surface area contributed by atoms with E-state index in [-0.39, 0.29) is 24.6 Å². The molecule has 2 amide bonds. The van der Waals surface area contributed by atoms with Crippen LogP contribution in [0.3, 0.4) is 0 Å². The fraction of sp³-hybridized carbons (Fsp3) is 0.360. The van der Waals surface area contributed by atoms with E-state index >= 15 is 0 Å². The van der Waals surface area contributed by atoms with E-state index in [4.69, 9.17) is 9.47 Å². The summed E-state index contributed by atoms with van der Waals surface area (Å²) in [6, 6.07) is 17.2. The van der Waals surface area contributed by atoms with Crippen molar-refractivity contribution in [2.45, 2.75) is 43.4 Å². The summed E-state index contributed by atoms with van der Waals surface area (Å²) in [5, 5.41) is 3.05. The topological polar surface area (TPSA) is 67.9 Å². The molecule has 2 aromatic rings. The first-order valence-electron chi connectivity index (χ1n) is 10.6. The number of benzene rings is 2. The number of amides is 2. The number of methoxy groups -OCH3 is 1. The molecule has 6 heteroatoms. The van der Waals surface area contributed by atoms with Crippen LogP contribution in [-0.2, 0) is 31.1 Å². The minimum Gasteiger partial charge on any atom is -0.371 e. The minimum absolute atomic E-state index is 0.0575. The number of fused-ring (bicyclic) bond motifs is 2. The number of para-hydroxylation sites is 1. The van der Waals surface area contributed by atoms with E-state index in [1.165, 1.54) is 6.08 Å². The lowest BCUT2D eigenvalue weighted by Gasteiger charge is -2.45. The number of hydrogen-bond acceptors (Lipinski definition) is 4. The summed E-state index contributed by atoms with van der Waals surface area (Å²) >= 11 is 0. The SMILES string of the molecule is C=CC(=O)N[C@H]1[C@H](OCc2ccccc2)CCC[C@@]12C(=O)N(COC)c1ccccc12. The van der Waals surface area contributed by atoms with Gasteiger partial charge in [-0.3, -0.25) is 14.5 Å². The zero-order valence-corrected chi connectivity index (χ0v) is 17.8. The third-order valence-electron chi connectivity index (χ3n) is 6.31. The van der Waals surface area contributed by atoms with Gasteiger partial charge >= 0.3 is 0 Å². The molecule has 2 aromatic carbocycles. The predicted molar refractivity (Wildman–Crippen MR) is 118 cm³/mol. The summed E-state index contributed by atoms with van der Waals surface area (Å²) in [6.45, 7) is 4.18. The van der Waals surface area contributed by atoms with Gasteiger partial charge < -0.3 is 14.8 Å². The van der Waals surface area contributed by atoms with Crippen LogP contribution in [0.1, 0.15) is 30.4 Å². The molecule has 6 nitrogen and oxygen atoms in total. The van der Waals surface area contributed by atoms with Crippen LogP contribution < -0.4 is 10.2 Å². The maximum atomic E-state index is 13.8. The maximum Gasteiger partial charge on any atom is 0.243 e. The van der Waals surface area contributed by atoms with Crippen molar-refractivity contribution >= 4 is 17.5 Å². The number of rotatable bonds is 7. The van der Waals surface area contributed by atoms with Gasteiger partial charge in [0.05, 0.1) is 29.9 Å². The standard InChI is InChI=1S/C25H28N2O4/c1-3-22(28)26-23-21(31-16-18-10-5-4-6-11-18)14-9-15-25(23)19-12-7-8-13-20(19)27(17-30-2)24(25)29/h3-8,10-13,21,23H,1,9,14-17H2,2H3,(H,26,28)/t21-,23+,25+/m1/s1. The first-order chi connectivity index (χ1) is 15.1. The van der Waals surface area contributed by atoms with E-state index in [2.05, 4.69) is 11.9 Å². The second-order valence-corrected chi connectivity index (χ2v) is 8.06. The van der Waals surface area contributed by atoms with Gasteiger partial charge in [0.15, 0.2) is 0 Å². The number of anilines is 1. The Kier molecular flexibility index (Phi) is 6.20. The summed E-state index contributed by atoms with van der Waals surface area (Å²) < 4.78 is 11.6. The Morgan fingerprint density at radius 1 is 1.23 bits per heavy atom. The molecule has 4 rings (SSSR count). The van der Waals surface area contributed by atoms with Crippen molar-refractivity contribution in [2.24, 2.45) is 0 Å². The third-order valence-corrected chi connectivity index (χ3v) is 6.31. The highest BCUT2D eigenvalue weighted by Crippen LogP contribution is 2.50. The number of carbonyl (C=O) groups is 2. The van der Waals surface area contributed by atoms with Crippen LogP contribution in [0.2, 0.25) is 0 Å². The summed E-state index contributed by atoms with van der Waals surface area (Å²) in [6.07, 6.45) is 3.15. The number of carbonyl (C=O) groups excluding carboxylic acids is 2. The van der Waals surface area contributed by atoms with Gasteiger partial charge in [-0.1, -0.05) is 55.1 Å². The van der Waals surface area contributed by atoms with Crippen LogP contribution in [0, 0.1) is 0 Å². The van der Waals surface area contributed by atoms with Gasteiger partial charge in [-0.2, -0.15) is 0 Å². The predicted octanol–water partition coefficient (Wildman–Crippen LogP) is 3.32. The monoisotopic (exact) mass is 420 g/mol. The molecule has 0 bridgehead atoms. The molecule has 3 atom stereocenters. The largest absolute Gasteiger partial charge is 0.371 e. The highest BCUT2D eigenvalue weighted by Gasteiger charge is 2.59. The molecule has 1 heterocycles. The number of nitrogens with zero attached hydrogens (tertiary/aromatic N) is 1. The van der Waals surface area contributed by atoms with Crippen molar-refractivity contribution in [3.8, 4) is 0 Å². The fourth-order valence-corrected chi connectivity index (χ4v) is 4.96. The van der Waals surface area contributed by atoms with Gasteiger partial charge in [-0.05, 0) is 42.5 Å². The summed E-state index contributed by atoms with van der Waals surface area (Å²) in [5.41, 5.74) is 1.90. The van der Waals surface area contributed by atoms with Crippen LogP contribution in [0.25, 0.3) is 0 Å². The molecule has 31 heavy (non-hydrogen) atoms. The molecule has 2 aliphatic rings. The fourth-order valence-electron chi connectivity index (χ4n) is 4.96. The van der Waals surface area contributed by atoms with Crippen LogP contribution in [0.15, 0.2) is 67.3 Å². The molecule has 0 radical (unpaired) electrons. The molecule has 1 saturated carbocycles. The molecule has 0 aromatic heterocycles. The highest BCUT2D eigenvalue weighted by atomic mass is 16.5. The summed E-state index contributed by atoms with van der Waals surface area (Å²) in [7, 11) is 1.57. The smallest absolute Gasteiger partial charge is 0.243 e. The molecule has 0 saturated heterocycles. The lowest BCUT2D eigenvalue weighted by atomic mass is 9.65. The van der Waals surface area contributed by atoms with Crippen molar-refractivity contribution in [1.82, 2.24) is 5.32 Å². The first kappa shape index (κ1) is 21.3. The third kappa shape index (κ3) is 3.77. The number of ether oxygens (including phenoxy) is 2. The molecular weight excluding hydrogens is 392 g/mol. The normalized spacial score (nSPS) is 24.8. The Hall–Kier alpha value is -2.96. The molecule has 1 N–H and O–H groups in total. The lowest BCUT2D eigenvalue weighted by molar-refractivity contribution is -0.132. The van der Waals surface area contributed by atoms with Gasteiger partial charge in [0, 0.05) is 7.11 Å². The second-order valence-electron chi connectivity index (χ2n) is 8.06. The molecule has 1 aliphatic heterocycles. The molecular formula is C25H28N2O4. The van der Waals surface area contributed by atoms with Crippen molar-refractivity contribution in [3.05, 3.63) is 78.4 Å². The number of hydrogen-bond donors (Lipinski definition) is 1. The minimum atomic E-state index is -0.895. The molecule has 1 spiro atoms. The van der Waals surface area contributed by atoms with E-state index < -0.39 is 11.5 Å². The molecule has 162 valence electrons. The molecule has 1 aliphatic carbocycles. The average molecular weight is 421 g/mol. The Balaban J connectivity index is 1.73. The van der Waals surface area contributed by atoms with Crippen molar-refractivity contribution in [1.29, 1.82) is 0 Å². The van der Waals surface area contributed by atoms with Gasteiger partial charge in [-0.25, -0.2) is 0 Å². The van der Waals surface area contributed by atoms with E-state index in [0.29, 0.717) is 13.0 Å². The Bertz CT molecular complexity index is 961. The zero-order chi connectivity index (χ0) is 21.8. The van der Waals surface area contributed by atoms with E-state index in [0.717, 1.165) is 29.7 Å². The Labute approximate surface area is 182 Å². The first-order valence-corrected chi connectivity index (χ1v) is 10.6. The van der Waals surface area contributed by atoms with Crippen LogP contribution in [0.5, 0.6) is 0 Å². The summed E-state index contributed by atoms with van der Waals surface area (Å²) in [5.74, 6) is -0.368. The Morgan fingerprint density at radius 2 is 1.97 bits per heavy atom. The van der Waals surface area contributed by atoms with Crippen molar-refractivity contribution < 1.29 is 19.1 Å². The molecule has 1 fully saturated rings. The van der Waals surface area contributed by atoms with Crippen LogP contribution in [-0.4, -0.2) is 37.8 Å². The molecule has 0 unspecified atom stereocenters. The maximum absolute atomic E-state index is 13.8. The number of nitrogens with one attached hydrogen (secondary N) is 1.